The lowest BCUT2D eigenvalue weighted by atomic mass is 10.1. The molecule has 1 aliphatic rings. The molecule has 0 radical (unpaired) electrons. The number of aromatic nitrogens is 1. The molecule has 3 aromatic rings. The zero-order valence-electron chi connectivity index (χ0n) is 15.5. The van der Waals surface area contributed by atoms with Gasteiger partial charge in [-0.15, -0.1) is 0 Å². The second-order valence-corrected chi connectivity index (χ2v) is 6.80. The number of rotatable bonds is 5. The number of ether oxygens (including phenoxy) is 2. The molecule has 0 unspecified atom stereocenters. The number of esters is 1. The van der Waals surface area contributed by atoms with Crippen LogP contribution >= 0.6 is 0 Å². The zero-order valence-corrected chi connectivity index (χ0v) is 15.5. The van der Waals surface area contributed by atoms with Gasteiger partial charge in [0.1, 0.15) is 17.3 Å². The third kappa shape index (κ3) is 3.07. The lowest BCUT2D eigenvalue weighted by molar-refractivity contribution is 0.0515. The third-order valence-corrected chi connectivity index (χ3v) is 5.15. The van der Waals surface area contributed by atoms with Crippen molar-refractivity contribution in [2.24, 2.45) is 0 Å². The van der Waals surface area contributed by atoms with Gasteiger partial charge in [-0.2, -0.15) is 0 Å². The van der Waals surface area contributed by atoms with E-state index in [0.29, 0.717) is 18.8 Å². The van der Waals surface area contributed by atoms with Crippen molar-refractivity contribution in [2.75, 3.05) is 13.7 Å². The maximum Gasteiger partial charge on any atom is 0.354 e. The fourth-order valence-corrected chi connectivity index (χ4v) is 4.02. The number of fused-ring (bicyclic) bond motifs is 3. The molecule has 0 bridgehead atoms. The molecule has 0 saturated carbocycles. The van der Waals surface area contributed by atoms with Gasteiger partial charge in [-0.05, 0) is 67.1 Å². The standard InChI is InChI=1S/C22H22FNO3/c1-3-27-22(25)19-12-18-20(26-2)11-15-7-5-9-17(15)21(18)24(19)13-14-6-4-8-16(23)10-14/h4,6,8,10-12H,3,5,7,9,13H2,1-2H3. The summed E-state index contributed by atoms with van der Waals surface area (Å²) in [4.78, 5) is 12.6. The lowest BCUT2D eigenvalue weighted by Crippen LogP contribution is -2.13. The average Bonchev–Trinajstić information content (AvgIpc) is 3.25. The van der Waals surface area contributed by atoms with Crippen molar-refractivity contribution in [3.8, 4) is 5.75 Å². The predicted octanol–water partition coefficient (Wildman–Crippen LogP) is 4.50. The Balaban J connectivity index is 1.96. The minimum Gasteiger partial charge on any atom is -0.496 e. The first-order valence-electron chi connectivity index (χ1n) is 9.26. The highest BCUT2D eigenvalue weighted by atomic mass is 19.1. The number of aryl methyl sites for hydroxylation is 2. The van der Waals surface area contributed by atoms with Crippen molar-refractivity contribution < 1.29 is 18.7 Å². The summed E-state index contributed by atoms with van der Waals surface area (Å²) in [7, 11) is 1.64. The molecule has 5 heteroatoms. The normalized spacial score (nSPS) is 13.0. The Morgan fingerprint density at radius 2 is 2.07 bits per heavy atom. The van der Waals surface area contributed by atoms with Gasteiger partial charge in [0.15, 0.2) is 0 Å². The molecule has 0 fully saturated rings. The summed E-state index contributed by atoms with van der Waals surface area (Å²) in [6.45, 7) is 2.49. The number of halogens is 1. The van der Waals surface area contributed by atoms with E-state index in [4.69, 9.17) is 9.47 Å². The molecule has 0 spiro atoms. The van der Waals surface area contributed by atoms with Crippen LogP contribution in [0.4, 0.5) is 4.39 Å². The monoisotopic (exact) mass is 367 g/mol. The number of methoxy groups -OCH3 is 1. The van der Waals surface area contributed by atoms with Crippen LogP contribution in [-0.4, -0.2) is 24.3 Å². The Kier molecular flexibility index (Phi) is 4.60. The van der Waals surface area contributed by atoms with Crippen LogP contribution in [-0.2, 0) is 24.1 Å². The van der Waals surface area contributed by atoms with Gasteiger partial charge in [-0.1, -0.05) is 12.1 Å². The molecule has 0 atom stereocenters. The first-order chi connectivity index (χ1) is 13.1. The number of hydrogen-bond acceptors (Lipinski definition) is 3. The van der Waals surface area contributed by atoms with Crippen LogP contribution < -0.4 is 4.74 Å². The lowest BCUT2D eigenvalue weighted by Gasteiger charge is -2.14. The number of carbonyl (C=O) groups excluding carboxylic acids is 1. The van der Waals surface area contributed by atoms with Crippen molar-refractivity contribution in [3.05, 3.63) is 64.6 Å². The minimum absolute atomic E-state index is 0.288. The Bertz CT molecular complexity index is 1020. The number of carbonyl (C=O) groups is 1. The fraction of sp³-hybridized carbons (Fsp3) is 0.318. The molecule has 4 rings (SSSR count). The highest BCUT2D eigenvalue weighted by molar-refractivity contribution is 6.00. The Morgan fingerprint density at radius 3 is 2.81 bits per heavy atom. The van der Waals surface area contributed by atoms with E-state index in [1.807, 2.05) is 16.7 Å². The van der Waals surface area contributed by atoms with Crippen molar-refractivity contribution in [1.29, 1.82) is 0 Å². The molecule has 1 heterocycles. The molecule has 2 aromatic carbocycles. The molecule has 0 amide bonds. The molecule has 27 heavy (non-hydrogen) atoms. The smallest absolute Gasteiger partial charge is 0.354 e. The number of nitrogens with zero attached hydrogens (tertiary/aromatic N) is 1. The third-order valence-electron chi connectivity index (χ3n) is 5.15. The first-order valence-corrected chi connectivity index (χ1v) is 9.26. The summed E-state index contributed by atoms with van der Waals surface area (Å²) < 4.78 is 26.5. The topological polar surface area (TPSA) is 40.5 Å². The van der Waals surface area contributed by atoms with Gasteiger partial charge in [0, 0.05) is 11.9 Å². The molecule has 0 aliphatic heterocycles. The summed E-state index contributed by atoms with van der Waals surface area (Å²) in [6, 6.07) is 10.4. The molecule has 1 aliphatic carbocycles. The Morgan fingerprint density at radius 1 is 1.22 bits per heavy atom. The Hall–Kier alpha value is -2.82. The molecule has 0 saturated heterocycles. The van der Waals surface area contributed by atoms with E-state index in [1.165, 1.54) is 23.3 Å². The second kappa shape index (κ2) is 7.06. The van der Waals surface area contributed by atoms with E-state index in [-0.39, 0.29) is 11.8 Å². The summed E-state index contributed by atoms with van der Waals surface area (Å²) in [5.74, 6) is 0.0950. The molecule has 4 nitrogen and oxygen atoms in total. The zero-order chi connectivity index (χ0) is 19.0. The van der Waals surface area contributed by atoms with Gasteiger partial charge in [0.25, 0.3) is 0 Å². The molecule has 1 aromatic heterocycles. The first kappa shape index (κ1) is 17.6. The summed E-state index contributed by atoms with van der Waals surface area (Å²) in [5.41, 5.74) is 4.77. The fourth-order valence-electron chi connectivity index (χ4n) is 4.02. The van der Waals surface area contributed by atoms with Crippen LogP contribution in [0.5, 0.6) is 5.75 Å². The van der Waals surface area contributed by atoms with Crippen LogP contribution in [0.2, 0.25) is 0 Å². The summed E-state index contributed by atoms with van der Waals surface area (Å²) in [5, 5.41) is 0.901. The van der Waals surface area contributed by atoms with E-state index in [2.05, 4.69) is 6.07 Å². The van der Waals surface area contributed by atoms with Gasteiger partial charge < -0.3 is 14.0 Å². The van der Waals surface area contributed by atoms with Crippen LogP contribution in [0.3, 0.4) is 0 Å². The highest BCUT2D eigenvalue weighted by Gasteiger charge is 2.25. The van der Waals surface area contributed by atoms with Gasteiger partial charge >= 0.3 is 5.97 Å². The maximum atomic E-state index is 13.7. The van der Waals surface area contributed by atoms with Crippen molar-refractivity contribution >= 4 is 16.9 Å². The van der Waals surface area contributed by atoms with Crippen molar-refractivity contribution in [3.63, 3.8) is 0 Å². The maximum absolute atomic E-state index is 13.7. The molecular weight excluding hydrogens is 345 g/mol. The molecule has 140 valence electrons. The molecular formula is C22H22FNO3. The van der Waals surface area contributed by atoms with E-state index in [0.717, 1.165) is 41.5 Å². The quantitative estimate of drug-likeness (QED) is 0.623. The second-order valence-electron chi connectivity index (χ2n) is 6.80. The van der Waals surface area contributed by atoms with Crippen molar-refractivity contribution in [2.45, 2.75) is 32.7 Å². The SMILES string of the molecule is CCOC(=O)c1cc2c(OC)cc3c(c2n1Cc1cccc(F)c1)CCC3. The molecule has 0 N–H and O–H groups in total. The predicted molar refractivity (Wildman–Crippen MR) is 102 cm³/mol. The van der Waals surface area contributed by atoms with Gasteiger partial charge in [-0.25, -0.2) is 9.18 Å². The van der Waals surface area contributed by atoms with Gasteiger partial charge in [0.05, 0.1) is 19.2 Å². The summed E-state index contributed by atoms with van der Waals surface area (Å²) in [6.07, 6.45) is 3.05. The number of hydrogen-bond donors (Lipinski definition) is 0. The minimum atomic E-state index is -0.376. The Labute approximate surface area is 157 Å². The van der Waals surface area contributed by atoms with Crippen LogP contribution in [0.25, 0.3) is 10.9 Å². The van der Waals surface area contributed by atoms with Crippen LogP contribution in [0, 0.1) is 5.82 Å². The summed E-state index contributed by atoms with van der Waals surface area (Å²) >= 11 is 0. The van der Waals surface area contributed by atoms with E-state index in [1.54, 1.807) is 20.1 Å². The van der Waals surface area contributed by atoms with Crippen molar-refractivity contribution in [1.82, 2.24) is 4.57 Å². The van der Waals surface area contributed by atoms with Gasteiger partial charge in [0.2, 0.25) is 0 Å². The van der Waals surface area contributed by atoms with E-state index >= 15 is 0 Å². The highest BCUT2D eigenvalue weighted by Crippen LogP contribution is 2.38. The van der Waals surface area contributed by atoms with E-state index < -0.39 is 0 Å². The van der Waals surface area contributed by atoms with E-state index in [9.17, 15) is 9.18 Å². The van der Waals surface area contributed by atoms with Crippen LogP contribution in [0.1, 0.15) is 40.5 Å². The van der Waals surface area contributed by atoms with Crippen LogP contribution in [0.15, 0.2) is 36.4 Å². The average molecular weight is 367 g/mol. The number of benzene rings is 2. The largest absolute Gasteiger partial charge is 0.496 e. The van der Waals surface area contributed by atoms with Gasteiger partial charge in [-0.3, -0.25) is 0 Å².